The maximum atomic E-state index is 9.12. The molecule has 0 fully saturated rings. The average molecular weight is 262 g/mol. The Bertz CT molecular complexity index is 340. The number of halogens is 2. The number of rotatable bonds is 5. The molecular formula is C12H17Cl2NO. The van der Waals surface area contributed by atoms with Gasteiger partial charge in [-0.3, -0.25) is 0 Å². The van der Waals surface area contributed by atoms with Crippen molar-refractivity contribution in [1.82, 2.24) is 5.32 Å². The van der Waals surface area contributed by atoms with Crippen LogP contribution in [0.3, 0.4) is 0 Å². The van der Waals surface area contributed by atoms with Crippen molar-refractivity contribution in [2.24, 2.45) is 0 Å². The highest BCUT2D eigenvalue weighted by Gasteiger charge is 2.13. The Kier molecular flexibility index (Phi) is 5.56. The van der Waals surface area contributed by atoms with E-state index in [1.165, 1.54) is 0 Å². The number of nitrogens with one attached hydrogen (secondary N) is 1. The summed E-state index contributed by atoms with van der Waals surface area (Å²) in [5.74, 6) is 0. The van der Waals surface area contributed by atoms with Gasteiger partial charge in [0, 0.05) is 22.1 Å². The molecule has 0 amide bonds. The van der Waals surface area contributed by atoms with Gasteiger partial charge < -0.3 is 10.4 Å². The summed E-state index contributed by atoms with van der Waals surface area (Å²) in [6, 6.07) is 5.57. The number of aliphatic hydroxyl groups is 1. The molecule has 16 heavy (non-hydrogen) atoms. The predicted octanol–water partition coefficient (Wildman–Crippen LogP) is 3.41. The van der Waals surface area contributed by atoms with Crippen LogP contribution in [0, 0.1) is 0 Å². The van der Waals surface area contributed by atoms with Crippen LogP contribution in [0.2, 0.25) is 10.0 Å². The van der Waals surface area contributed by atoms with Gasteiger partial charge in [0.1, 0.15) is 0 Å². The number of benzene rings is 1. The molecule has 0 radical (unpaired) electrons. The van der Waals surface area contributed by atoms with Crippen LogP contribution in [0.25, 0.3) is 0 Å². The maximum Gasteiger partial charge on any atom is 0.0584 e. The summed E-state index contributed by atoms with van der Waals surface area (Å²) in [6.45, 7) is 4.16. The van der Waals surface area contributed by atoms with E-state index < -0.39 is 0 Å². The Labute approximate surface area is 107 Å². The zero-order valence-electron chi connectivity index (χ0n) is 9.50. The third-order valence-electron chi connectivity index (χ3n) is 2.62. The van der Waals surface area contributed by atoms with E-state index >= 15 is 0 Å². The molecule has 0 aromatic heterocycles. The van der Waals surface area contributed by atoms with Gasteiger partial charge in [0.05, 0.1) is 6.61 Å². The van der Waals surface area contributed by atoms with E-state index in [4.69, 9.17) is 28.3 Å². The van der Waals surface area contributed by atoms with Gasteiger partial charge >= 0.3 is 0 Å². The highest BCUT2D eigenvalue weighted by molar-refractivity contribution is 6.33. The van der Waals surface area contributed by atoms with E-state index in [2.05, 4.69) is 5.32 Å². The lowest BCUT2D eigenvalue weighted by molar-refractivity contribution is 0.230. The van der Waals surface area contributed by atoms with Crippen molar-refractivity contribution in [3.8, 4) is 0 Å². The Morgan fingerprint density at radius 3 is 2.62 bits per heavy atom. The third kappa shape index (κ3) is 3.63. The lowest BCUT2D eigenvalue weighted by Gasteiger charge is -2.21. The fourth-order valence-electron chi connectivity index (χ4n) is 1.59. The van der Waals surface area contributed by atoms with E-state index in [0.717, 1.165) is 12.0 Å². The first kappa shape index (κ1) is 13.8. The topological polar surface area (TPSA) is 32.3 Å². The van der Waals surface area contributed by atoms with Gasteiger partial charge in [-0.1, -0.05) is 30.1 Å². The highest BCUT2D eigenvalue weighted by Crippen LogP contribution is 2.26. The van der Waals surface area contributed by atoms with Crippen LogP contribution >= 0.6 is 23.2 Å². The van der Waals surface area contributed by atoms with Crippen molar-refractivity contribution in [2.75, 3.05) is 6.61 Å². The van der Waals surface area contributed by atoms with Gasteiger partial charge in [-0.2, -0.15) is 0 Å². The Morgan fingerprint density at radius 2 is 2.06 bits per heavy atom. The normalized spacial score (nSPS) is 14.8. The van der Waals surface area contributed by atoms with Crippen LogP contribution in [0.15, 0.2) is 18.2 Å². The molecule has 0 aliphatic carbocycles. The minimum Gasteiger partial charge on any atom is -0.395 e. The SMILES string of the molecule is CC[C@H](CO)NC(C)c1cc(Cl)ccc1Cl. The van der Waals surface area contributed by atoms with Crippen LogP contribution in [-0.2, 0) is 0 Å². The molecule has 1 unspecified atom stereocenters. The molecule has 0 bridgehead atoms. The van der Waals surface area contributed by atoms with Crippen molar-refractivity contribution in [1.29, 1.82) is 0 Å². The van der Waals surface area contributed by atoms with Gasteiger partial charge in [-0.15, -0.1) is 0 Å². The molecule has 2 nitrogen and oxygen atoms in total. The van der Waals surface area contributed by atoms with Gasteiger partial charge in [-0.25, -0.2) is 0 Å². The molecule has 0 heterocycles. The smallest absolute Gasteiger partial charge is 0.0584 e. The first-order valence-corrected chi connectivity index (χ1v) is 6.16. The monoisotopic (exact) mass is 261 g/mol. The van der Waals surface area contributed by atoms with E-state index in [-0.39, 0.29) is 18.7 Å². The quantitative estimate of drug-likeness (QED) is 0.852. The largest absolute Gasteiger partial charge is 0.395 e. The molecule has 4 heteroatoms. The van der Waals surface area contributed by atoms with Crippen molar-refractivity contribution in [3.05, 3.63) is 33.8 Å². The van der Waals surface area contributed by atoms with Crippen LogP contribution in [0.4, 0.5) is 0 Å². The number of hydrogen-bond donors (Lipinski definition) is 2. The van der Waals surface area contributed by atoms with Crippen molar-refractivity contribution < 1.29 is 5.11 Å². The lowest BCUT2D eigenvalue weighted by atomic mass is 10.1. The van der Waals surface area contributed by atoms with E-state index in [9.17, 15) is 0 Å². The fourth-order valence-corrected chi connectivity index (χ4v) is 2.05. The van der Waals surface area contributed by atoms with Crippen LogP contribution in [0.5, 0.6) is 0 Å². The summed E-state index contributed by atoms with van der Waals surface area (Å²) in [7, 11) is 0. The molecule has 90 valence electrons. The molecule has 0 spiro atoms. The summed E-state index contributed by atoms with van der Waals surface area (Å²) in [6.07, 6.45) is 0.874. The summed E-state index contributed by atoms with van der Waals surface area (Å²) < 4.78 is 0. The van der Waals surface area contributed by atoms with Gasteiger partial charge in [-0.05, 0) is 37.1 Å². The fraction of sp³-hybridized carbons (Fsp3) is 0.500. The first-order valence-electron chi connectivity index (χ1n) is 5.40. The standard InChI is InChI=1S/C12H17Cl2NO/c1-3-10(7-16)15-8(2)11-6-9(13)4-5-12(11)14/h4-6,8,10,15-16H,3,7H2,1-2H3/t8?,10-/m1/s1. The van der Waals surface area contributed by atoms with Crippen molar-refractivity contribution >= 4 is 23.2 Å². The molecule has 0 saturated heterocycles. The van der Waals surface area contributed by atoms with E-state index in [1.54, 1.807) is 12.1 Å². The first-order chi connectivity index (χ1) is 7.58. The Morgan fingerprint density at radius 1 is 1.38 bits per heavy atom. The lowest BCUT2D eigenvalue weighted by Crippen LogP contribution is -2.34. The molecular weight excluding hydrogens is 245 g/mol. The number of hydrogen-bond acceptors (Lipinski definition) is 2. The number of aliphatic hydroxyl groups excluding tert-OH is 1. The minimum atomic E-state index is 0.0725. The van der Waals surface area contributed by atoms with Crippen LogP contribution < -0.4 is 5.32 Å². The van der Waals surface area contributed by atoms with Gasteiger partial charge in [0.2, 0.25) is 0 Å². The summed E-state index contributed by atoms with van der Waals surface area (Å²) in [5, 5.41) is 13.8. The second kappa shape index (κ2) is 6.45. The van der Waals surface area contributed by atoms with E-state index in [0.29, 0.717) is 10.0 Å². The summed E-state index contributed by atoms with van der Waals surface area (Å²) in [4.78, 5) is 0. The molecule has 0 aliphatic heterocycles. The molecule has 1 aromatic carbocycles. The van der Waals surface area contributed by atoms with Crippen LogP contribution in [0.1, 0.15) is 31.9 Å². The predicted molar refractivity (Wildman–Crippen MR) is 69.2 cm³/mol. The third-order valence-corrected chi connectivity index (χ3v) is 3.20. The highest BCUT2D eigenvalue weighted by atomic mass is 35.5. The molecule has 2 atom stereocenters. The zero-order valence-corrected chi connectivity index (χ0v) is 11.0. The molecule has 1 aromatic rings. The average Bonchev–Trinajstić information content (AvgIpc) is 2.28. The maximum absolute atomic E-state index is 9.12. The van der Waals surface area contributed by atoms with Gasteiger partial charge in [0.15, 0.2) is 0 Å². The second-order valence-electron chi connectivity index (χ2n) is 3.84. The van der Waals surface area contributed by atoms with E-state index in [1.807, 2.05) is 19.9 Å². The van der Waals surface area contributed by atoms with Gasteiger partial charge in [0.25, 0.3) is 0 Å². The zero-order chi connectivity index (χ0) is 12.1. The molecule has 1 rings (SSSR count). The second-order valence-corrected chi connectivity index (χ2v) is 4.69. The minimum absolute atomic E-state index is 0.0725. The van der Waals surface area contributed by atoms with Crippen LogP contribution in [-0.4, -0.2) is 17.8 Å². The molecule has 2 N–H and O–H groups in total. The Hall–Kier alpha value is -0.280. The Balaban J connectivity index is 2.79. The van der Waals surface area contributed by atoms with Crippen molar-refractivity contribution in [3.63, 3.8) is 0 Å². The van der Waals surface area contributed by atoms with Crippen molar-refractivity contribution in [2.45, 2.75) is 32.4 Å². The molecule has 0 aliphatic rings. The summed E-state index contributed by atoms with van der Waals surface area (Å²) >= 11 is 12.0. The summed E-state index contributed by atoms with van der Waals surface area (Å²) in [5.41, 5.74) is 0.959. The molecule has 0 saturated carbocycles.